The summed E-state index contributed by atoms with van der Waals surface area (Å²) >= 11 is 10.00. The SMILES string of the molecule is CCC.O=C(NC[C@H](O)CBr)c1ccc(Cl)s1. The molecule has 1 aromatic heterocycles. The zero-order valence-corrected chi connectivity index (χ0v) is 13.0. The van der Waals surface area contributed by atoms with Gasteiger partial charge in [-0.05, 0) is 12.1 Å². The maximum absolute atomic E-state index is 11.4. The fraction of sp³-hybridized carbons (Fsp3) is 0.545. The van der Waals surface area contributed by atoms with Crippen molar-refractivity contribution in [1.82, 2.24) is 5.32 Å². The van der Waals surface area contributed by atoms with Crippen LogP contribution in [0.5, 0.6) is 0 Å². The van der Waals surface area contributed by atoms with Gasteiger partial charge in [-0.3, -0.25) is 4.79 Å². The number of aliphatic hydroxyl groups excluding tert-OH is 1. The van der Waals surface area contributed by atoms with E-state index in [-0.39, 0.29) is 12.5 Å². The summed E-state index contributed by atoms with van der Waals surface area (Å²) < 4.78 is 0.580. The summed E-state index contributed by atoms with van der Waals surface area (Å²) in [4.78, 5) is 11.9. The van der Waals surface area contributed by atoms with E-state index in [4.69, 9.17) is 11.6 Å². The predicted molar refractivity (Wildman–Crippen MR) is 77.4 cm³/mol. The molecule has 1 atom stereocenters. The maximum Gasteiger partial charge on any atom is 0.261 e. The molecule has 0 radical (unpaired) electrons. The number of aliphatic hydroxyl groups is 1. The number of carbonyl (C=O) groups excluding carboxylic acids is 1. The first-order valence-electron chi connectivity index (χ1n) is 5.32. The highest BCUT2D eigenvalue weighted by molar-refractivity contribution is 9.09. The standard InChI is InChI=1S/C8H9BrClNO2S.C3H8/c9-3-5(12)4-11-8(13)6-1-2-7(10)14-6;1-3-2/h1-2,5,12H,3-4H2,(H,11,13);3H2,1-2H3/t5-;/m1./s1. The first-order valence-corrected chi connectivity index (χ1v) is 7.64. The van der Waals surface area contributed by atoms with Crippen LogP contribution < -0.4 is 5.32 Å². The molecule has 0 fully saturated rings. The third kappa shape index (κ3) is 7.76. The van der Waals surface area contributed by atoms with Crippen LogP contribution in [0.1, 0.15) is 29.9 Å². The number of carbonyl (C=O) groups is 1. The second-order valence-corrected chi connectivity index (χ2v) is 5.69. The normalized spacial score (nSPS) is 11.4. The lowest BCUT2D eigenvalue weighted by Crippen LogP contribution is -2.32. The summed E-state index contributed by atoms with van der Waals surface area (Å²) in [6.07, 6.45) is 0.689. The number of alkyl halides is 1. The molecule has 6 heteroatoms. The minimum absolute atomic E-state index is 0.207. The molecule has 0 aliphatic rings. The van der Waals surface area contributed by atoms with Crippen molar-refractivity contribution in [2.45, 2.75) is 26.4 Å². The predicted octanol–water partition coefficient (Wildman–Crippen LogP) is 3.30. The molecule has 3 nitrogen and oxygen atoms in total. The van der Waals surface area contributed by atoms with E-state index in [1.165, 1.54) is 17.8 Å². The minimum Gasteiger partial charge on any atom is -0.390 e. The molecule has 0 saturated carbocycles. The van der Waals surface area contributed by atoms with Gasteiger partial charge in [0.1, 0.15) is 0 Å². The Morgan fingerprint density at radius 3 is 2.59 bits per heavy atom. The second kappa shape index (κ2) is 9.88. The molecule has 0 spiro atoms. The van der Waals surface area contributed by atoms with Gasteiger partial charge in [0.15, 0.2) is 0 Å². The van der Waals surface area contributed by atoms with Gasteiger partial charge >= 0.3 is 0 Å². The lowest BCUT2D eigenvalue weighted by atomic mass is 10.4. The summed E-state index contributed by atoms with van der Waals surface area (Å²) in [7, 11) is 0. The molecular weight excluding hydrogens is 326 g/mol. The van der Waals surface area contributed by atoms with Gasteiger partial charge < -0.3 is 10.4 Å². The maximum atomic E-state index is 11.4. The minimum atomic E-state index is -0.561. The van der Waals surface area contributed by atoms with Crippen molar-refractivity contribution in [3.8, 4) is 0 Å². The van der Waals surface area contributed by atoms with Gasteiger partial charge in [-0.2, -0.15) is 0 Å². The molecule has 1 rings (SSSR count). The fourth-order valence-electron chi connectivity index (χ4n) is 0.789. The molecule has 0 aliphatic carbocycles. The Hall–Kier alpha value is -0.100. The van der Waals surface area contributed by atoms with E-state index in [0.29, 0.717) is 14.5 Å². The van der Waals surface area contributed by atoms with Crippen LogP contribution in [-0.2, 0) is 0 Å². The molecule has 0 unspecified atom stereocenters. The summed E-state index contributed by atoms with van der Waals surface area (Å²) in [5.41, 5.74) is 0. The van der Waals surface area contributed by atoms with Crippen LogP contribution in [0.2, 0.25) is 4.34 Å². The molecule has 17 heavy (non-hydrogen) atoms. The monoisotopic (exact) mass is 341 g/mol. The Balaban J connectivity index is 0.000000770. The number of hydrogen-bond acceptors (Lipinski definition) is 3. The van der Waals surface area contributed by atoms with E-state index in [1.807, 2.05) is 0 Å². The van der Waals surface area contributed by atoms with E-state index in [0.717, 1.165) is 0 Å². The molecular formula is C11H17BrClNO2S. The molecule has 2 N–H and O–H groups in total. The molecule has 0 aliphatic heterocycles. The summed E-state index contributed by atoms with van der Waals surface area (Å²) in [5, 5.41) is 12.2. The van der Waals surface area contributed by atoms with Crippen molar-refractivity contribution in [2.24, 2.45) is 0 Å². The average molecular weight is 343 g/mol. The van der Waals surface area contributed by atoms with E-state index >= 15 is 0 Å². The second-order valence-electron chi connectivity index (χ2n) is 3.33. The molecule has 0 aromatic carbocycles. The van der Waals surface area contributed by atoms with Crippen molar-refractivity contribution < 1.29 is 9.90 Å². The lowest BCUT2D eigenvalue weighted by molar-refractivity contribution is 0.0930. The van der Waals surface area contributed by atoms with Crippen LogP contribution >= 0.6 is 38.9 Å². The van der Waals surface area contributed by atoms with Crippen LogP contribution in [0.4, 0.5) is 0 Å². The van der Waals surface area contributed by atoms with Crippen LogP contribution in [-0.4, -0.2) is 29.0 Å². The molecule has 1 aromatic rings. The largest absolute Gasteiger partial charge is 0.390 e. The van der Waals surface area contributed by atoms with Crippen molar-refractivity contribution in [3.63, 3.8) is 0 Å². The Morgan fingerprint density at radius 2 is 2.18 bits per heavy atom. The highest BCUT2D eigenvalue weighted by Gasteiger charge is 2.09. The Kier molecular flexibility index (Phi) is 9.82. The Bertz CT molecular complexity index is 333. The van der Waals surface area contributed by atoms with E-state index in [2.05, 4.69) is 35.1 Å². The van der Waals surface area contributed by atoms with Crippen LogP contribution in [0.25, 0.3) is 0 Å². The number of rotatable bonds is 4. The zero-order chi connectivity index (χ0) is 13.3. The van der Waals surface area contributed by atoms with Crippen molar-refractivity contribution in [3.05, 3.63) is 21.3 Å². The van der Waals surface area contributed by atoms with Crippen molar-refractivity contribution >= 4 is 44.8 Å². The van der Waals surface area contributed by atoms with Gasteiger partial charge in [-0.1, -0.05) is 47.8 Å². The first kappa shape index (κ1) is 16.9. The third-order valence-corrected chi connectivity index (χ3v) is 3.45. The lowest BCUT2D eigenvalue weighted by Gasteiger charge is -2.07. The van der Waals surface area contributed by atoms with Crippen LogP contribution in [0, 0.1) is 0 Å². The van der Waals surface area contributed by atoms with E-state index in [1.54, 1.807) is 12.1 Å². The number of halogens is 2. The Morgan fingerprint density at radius 1 is 1.59 bits per heavy atom. The van der Waals surface area contributed by atoms with Gasteiger partial charge in [0.2, 0.25) is 0 Å². The summed E-state index contributed by atoms with van der Waals surface area (Å²) in [5.74, 6) is -0.207. The third-order valence-electron chi connectivity index (χ3n) is 1.47. The first-order chi connectivity index (χ1) is 8.04. The molecule has 98 valence electrons. The van der Waals surface area contributed by atoms with E-state index in [9.17, 15) is 9.90 Å². The topological polar surface area (TPSA) is 49.3 Å². The van der Waals surface area contributed by atoms with Crippen LogP contribution in [0.15, 0.2) is 12.1 Å². The molecule has 1 heterocycles. The highest BCUT2D eigenvalue weighted by Crippen LogP contribution is 2.20. The number of hydrogen-bond donors (Lipinski definition) is 2. The van der Waals surface area contributed by atoms with Crippen molar-refractivity contribution in [1.29, 1.82) is 0 Å². The quantitative estimate of drug-likeness (QED) is 0.825. The van der Waals surface area contributed by atoms with Gasteiger partial charge in [-0.15, -0.1) is 11.3 Å². The molecule has 1 amide bonds. The van der Waals surface area contributed by atoms with Gasteiger partial charge in [0.05, 0.1) is 15.3 Å². The number of amides is 1. The van der Waals surface area contributed by atoms with Crippen LogP contribution in [0.3, 0.4) is 0 Å². The van der Waals surface area contributed by atoms with Crippen molar-refractivity contribution in [2.75, 3.05) is 11.9 Å². The summed E-state index contributed by atoms with van der Waals surface area (Å²) in [6.45, 7) is 4.49. The fourth-order valence-corrected chi connectivity index (χ4v) is 1.98. The average Bonchev–Trinajstić information content (AvgIpc) is 2.73. The van der Waals surface area contributed by atoms with Gasteiger partial charge in [0, 0.05) is 11.9 Å². The molecule has 0 saturated heterocycles. The smallest absolute Gasteiger partial charge is 0.261 e. The zero-order valence-electron chi connectivity index (χ0n) is 9.87. The Labute approximate surface area is 119 Å². The number of nitrogens with one attached hydrogen (secondary N) is 1. The van der Waals surface area contributed by atoms with Gasteiger partial charge in [-0.25, -0.2) is 0 Å². The highest BCUT2D eigenvalue weighted by atomic mass is 79.9. The van der Waals surface area contributed by atoms with E-state index < -0.39 is 6.10 Å². The molecule has 0 bridgehead atoms. The summed E-state index contributed by atoms with van der Waals surface area (Å²) in [6, 6.07) is 3.32. The van der Waals surface area contributed by atoms with Gasteiger partial charge in [0.25, 0.3) is 5.91 Å². The number of thiophene rings is 1.